The molecule has 0 amide bonds. The van der Waals surface area contributed by atoms with Gasteiger partial charge < -0.3 is 9.64 Å². The lowest BCUT2D eigenvalue weighted by Crippen LogP contribution is -2.28. The molecule has 23 heavy (non-hydrogen) atoms. The molecular formula is C17H19N3O3. The van der Waals surface area contributed by atoms with Crippen LogP contribution in [0.4, 0.5) is 11.4 Å². The molecule has 1 fully saturated rings. The van der Waals surface area contributed by atoms with Gasteiger partial charge in [-0.25, -0.2) is 0 Å². The number of anilines is 1. The van der Waals surface area contributed by atoms with Crippen LogP contribution in [0, 0.1) is 10.1 Å². The first-order chi connectivity index (χ1) is 11.1. The highest BCUT2D eigenvalue weighted by molar-refractivity contribution is 5.52. The van der Waals surface area contributed by atoms with Crippen molar-refractivity contribution in [3.05, 3.63) is 64.2 Å². The third-order valence-corrected chi connectivity index (χ3v) is 4.21. The van der Waals surface area contributed by atoms with Crippen LogP contribution in [0.1, 0.15) is 11.7 Å². The van der Waals surface area contributed by atoms with E-state index in [1.54, 1.807) is 19.2 Å². The fourth-order valence-corrected chi connectivity index (χ4v) is 2.99. The fraction of sp³-hybridized carbons (Fsp3) is 0.294. The van der Waals surface area contributed by atoms with Gasteiger partial charge in [0.25, 0.3) is 5.69 Å². The third-order valence-electron chi connectivity index (χ3n) is 4.21. The Morgan fingerprint density at radius 2 is 1.74 bits per heavy atom. The second-order valence-electron chi connectivity index (χ2n) is 5.59. The number of nitro benzene ring substituents is 1. The fourth-order valence-electron chi connectivity index (χ4n) is 2.99. The Kier molecular flexibility index (Phi) is 4.16. The quantitative estimate of drug-likeness (QED) is 0.641. The van der Waals surface area contributed by atoms with Crippen molar-refractivity contribution < 1.29 is 9.66 Å². The Morgan fingerprint density at radius 3 is 2.30 bits per heavy atom. The molecule has 6 heteroatoms. The summed E-state index contributed by atoms with van der Waals surface area (Å²) in [5, 5.41) is 10.8. The van der Waals surface area contributed by atoms with Gasteiger partial charge in [-0.3, -0.25) is 15.0 Å². The first kappa shape index (κ1) is 15.3. The normalized spacial score (nSPS) is 18.2. The minimum absolute atomic E-state index is 0.0733. The number of ether oxygens (including phenoxy) is 1. The maximum absolute atomic E-state index is 10.8. The van der Waals surface area contributed by atoms with Crippen molar-refractivity contribution in [1.29, 1.82) is 0 Å². The number of hydrogen-bond acceptors (Lipinski definition) is 5. The smallest absolute Gasteiger partial charge is 0.269 e. The highest BCUT2D eigenvalue weighted by Crippen LogP contribution is 2.34. The van der Waals surface area contributed by atoms with Crippen LogP contribution in [0.3, 0.4) is 0 Å². The molecular weight excluding hydrogens is 294 g/mol. The number of nitrogens with zero attached hydrogens (tertiary/aromatic N) is 3. The second kappa shape index (κ2) is 6.26. The van der Waals surface area contributed by atoms with Crippen molar-refractivity contribution in [3.63, 3.8) is 0 Å². The van der Waals surface area contributed by atoms with Crippen LogP contribution in [0.5, 0.6) is 5.75 Å². The zero-order valence-electron chi connectivity index (χ0n) is 13.2. The third kappa shape index (κ3) is 2.98. The van der Waals surface area contributed by atoms with Gasteiger partial charge in [0.05, 0.1) is 12.0 Å². The molecule has 0 aromatic heterocycles. The first-order valence-electron chi connectivity index (χ1n) is 7.45. The first-order valence-corrected chi connectivity index (χ1v) is 7.45. The van der Waals surface area contributed by atoms with E-state index in [1.165, 1.54) is 0 Å². The Morgan fingerprint density at radius 1 is 1.09 bits per heavy atom. The highest BCUT2D eigenvalue weighted by atomic mass is 16.6. The summed E-state index contributed by atoms with van der Waals surface area (Å²) >= 11 is 0. The van der Waals surface area contributed by atoms with E-state index in [0.29, 0.717) is 0 Å². The summed E-state index contributed by atoms with van der Waals surface area (Å²) in [6.07, 6.45) is 0.0733. The molecule has 6 nitrogen and oxygen atoms in total. The molecule has 1 heterocycles. The van der Waals surface area contributed by atoms with E-state index in [0.717, 1.165) is 30.1 Å². The second-order valence-corrected chi connectivity index (χ2v) is 5.59. The molecule has 1 aliphatic rings. The Labute approximate surface area is 135 Å². The summed E-state index contributed by atoms with van der Waals surface area (Å²) in [6.45, 7) is 1.85. The molecule has 0 N–H and O–H groups in total. The van der Waals surface area contributed by atoms with Gasteiger partial charge in [0, 0.05) is 30.9 Å². The van der Waals surface area contributed by atoms with E-state index in [2.05, 4.69) is 16.8 Å². The number of likely N-dealkylation sites (N-methyl/N-ethyl adjacent to an activating group) is 1. The minimum Gasteiger partial charge on any atom is -0.497 e. The average Bonchev–Trinajstić information content (AvgIpc) is 2.96. The molecule has 0 aliphatic carbocycles. The number of non-ortho nitro benzene ring substituents is 1. The topological polar surface area (TPSA) is 58.8 Å². The predicted molar refractivity (Wildman–Crippen MR) is 88.8 cm³/mol. The van der Waals surface area contributed by atoms with Crippen LogP contribution in [-0.4, -0.2) is 37.1 Å². The largest absolute Gasteiger partial charge is 0.497 e. The Hall–Kier alpha value is -2.60. The monoisotopic (exact) mass is 313 g/mol. The summed E-state index contributed by atoms with van der Waals surface area (Å²) in [4.78, 5) is 15.0. The van der Waals surface area contributed by atoms with Gasteiger partial charge in [-0.05, 0) is 49.0 Å². The molecule has 1 unspecified atom stereocenters. The van der Waals surface area contributed by atoms with E-state index in [4.69, 9.17) is 4.74 Å². The van der Waals surface area contributed by atoms with Crippen LogP contribution < -0.4 is 9.64 Å². The van der Waals surface area contributed by atoms with Crippen molar-refractivity contribution >= 4 is 11.4 Å². The summed E-state index contributed by atoms with van der Waals surface area (Å²) in [5.41, 5.74) is 2.27. The Bertz CT molecular complexity index is 685. The minimum atomic E-state index is -0.372. The van der Waals surface area contributed by atoms with Crippen LogP contribution in [0.2, 0.25) is 0 Å². The molecule has 0 bridgehead atoms. The summed E-state index contributed by atoms with van der Waals surface area (Å²) < 4.78 is 5.21. The molecule has 0 spiro atoms. The van der Waals surface area contributed by atoms with Crippen LogP contribution in [0.15, 0.2) is 48.5 Å². The van der Waals surface area contributed by atoms with Crippen molar-refractivity contribution in [2.75, 3.05) is 32.1 Å². The van der Waals surface area contributed by atoms with Gasteiger partial charge in [0.1, 0.15) is 11.9 Å². The maximum Gasteiger partial charge on any atom is 0.269 e. The molecule has 0 saturated carbocycles. The number of methoxy groups -OCH3 is 1. The average molecular weight is 313 g/mol. The standard InChI is InChI=1S/C17H19N3O3/c1-18-11-12-19(14-7-9-16(23-2)10-8-14)17(18)13-3-5-15(6-4-13)20(21)22/h3-10,17H,11-12H2,1-2H3. The van der Waals surface area contributed by atoms with E-state index in [1.807, 2.05) is 36.4 Å². The zero-order valence-corrected chi connectivity index (χ0v) is 13.2. The summed E-state index contributed by atoms with van der Waals surface area (Å²) in [6, 6.07) is 14.8. The molecule has 1 saturated heterocycles. The van der Waals surface area contributed by atoms with E-state index in [-0.39, 0.29) is 16.8 Å². The lowest BCUT2D eigenvalue weighted by atomic mass is 10.1. The van der Waals surface area contributed by atoms with Crippen molar-refractivity contribution in [3.8, 4) is 5.75 Å². The molecule has 1 aliphatic heterocycles. The van der Waals surface area contributed by atoms with Crippen molar-refractivity contribution in [1.82, 2.24) is 4.90 Å². The lowest BCUT2D eigenvalue weighted by Gasteiger charge is -2.30. The highest BCUT2D eigenvalue weighted by Gasteiger charge is 2.31. The van der Waals surface area contributed by atoms with Gasteiger partial charge in [0.15, 0.2) is 0 Å². The predicted octanol–water partition coefficient (Wildman–Crippen LogP) is 3.05. The maximum atomic E-state index is 10.8. The van der Waals surface area contributed by atoms with Crippen LogP contribution >= 0.6 is 0 Å². The van der Waals surface area contributed by atoms with Gasteiger partial charge in [-0.1, -0.05) is 0 Å². The molecule has 1 atom stereocenters. The van der Waals surface area contributed by atoms with E-state index in [9.17, 15) is 10.1 Å². The molecule has 2 aromatic carbocycles. The van der Waals surface area contributed by atoms with Crippen molar-refractivity contribution in [2.45, 2.75) is 6.17 Å². The van der Waals surface area contributed by atoms with Gasteiger partial charge >= 0.3 is 0 Å². The van der Waals surface area contributed by atoms with Gasteiger partial charge in [0.2, 0.25) is 0 Å². The Balaban J connectivity index is 1.89. The molecule has 0 radical (unpaired) electrons. The van der Waals surface area contributed by atoms with E-state index < -0.39 is 0 Å². The zero-order chi connectivity index (χ0) is 16.4. The van der Waals surface area contributed by atoms with E-state index >= 15 is 0 Å². The number of hydrogen-bond donors (Lipinski definition) is 0. The number of nitro groups is 1. The summed E-state index contributed by atoms with van der Waals surface area (Å²) in [7, 11) is 3.72. The number of rotatable bonds is 4. The van der Waals surface area contributed by atoms with Gasteiger partial charge in [-0.15, -0.1) is 0 Å². The summed E-state index contributed by atoms with van der Waals surface area (Å²) in [5.74, 6) is 0.827. The SMILES string of the molecule is COc1ccc(N2CCN(C)C2c2ccc([N+](=O)[O-])cc2)cc1. The lowest BCUT2D eigenvalue weighted by molar-refractivity contribution is -0.384. The van der Waals surface area contributed by atoms with Crippen LogP contribution in [0.25, 0.3) is 0 Å². The van der Waals surface area contributed by atoms with Gasteiger partial charge in [-0.2, -0.15) is 0 Å². The van der Waals surface area contributed by atoms with Crippen molar-refractivity contribution in [2.24, 2.45) is 0 Å². The van der Waals surface area contributed by atoms with Crippen LogP contribution in [-0.2, 0) is 0 Å². The molecule has 120 valence electrons. The molecule has 3 rings (SSSR count). The molecule has 2 aromatic rings. The number of benzene rings is 2.